The summed E-state index contributed by atoms with van der Waals surface area (Å²) in [6, 6.07) is 16.5. The number of ketones is 1. The molecule has 8 nitrogen and oxygen atoms in total. The lowest BCUT2D eigenvalue weighted by atomic mass is 9.45. The average molecular weight is 674 g/mol. The number of Topliss-reactive ketones (excluding diaryl/α,β-unsaturated/α-hetero) is 1. The molecule has 0 amide bonds. The molecule has 2 heterocycles. The molecule has 4 aliphatic carbocycles. The van der Waals surface area contributed by atoms with Crippen LogP contribution in [0.5, 0.6) is 0 Å². The number of nitrogens with zero attached hydrogens (tertiary/aromatic N) is 2. The van der Waals surface area contributed by atoms with Crippen LogP contribution >= 0.6 is 9.24 Å². The Kier molecular flexibility index (Phi) is 7.42. The van der Waals surface area contributed by atoms with Gasteiger partial charge in [-0.3, -0.25) is 4.79 Å². The zero-order valence-corrected chi connectivity index (χ0v) is 29.1. The van der Waals surface area contributed by atoms with E-state index in [1.54, 1.807) is 13.8 Å². The molecule has 1 saturated heterocycles. The molecule has 1 aromatic heterocycles. The molecule has 5 aliphatic rings. The van der Waals surface area contributed by atoms with Crippen molar-refractivity contribution in [3.8, 4) is 5.69 Å². The number of allylic oxidation sites excluding steroid dienone is 1. The van der Waals surface area contributed by atoms with E-state index in [4.69, 9.17) is 14.6 Å². The number of halogens is 1. The van der Waals surface area contributed by atoms with Crippen molar-refractivity contribution in [2.45, 2.75) is 89.7 Å². The van der Waals surface area contributed by atoms with E-state index in [-0.39, 0.29) is 24.2 Å². The SMILES string of the molecule is CC1(C)O[C@@H]2C[C@H]3[C@@H]4C[C@H](F)C5=Cc6nn(-c7ccc(NCc8ccc(P)cc8)cc7)cc6C[C@]5(C)[C@H]4[C@@H](O)C[C@]3(C)[C@]2(C(=O)CO)O1. The highest BCUT2D eigenvalue weighted by atomic mass is 31.0. The van der Waals surface area contributed by atoms with E-state index < -0.39 is 53.0 Å². The van der Waals surface area contributed by atoms with Crippen molar-refractivity contribution >= 4 is 32.1 Å². The monoisotopic (exact) mass is 673 g/mol. The summed E-state index contributed by atoms with van der Waals surface area (Å²) in [4.78, 5) is 13.5. The van der Waals surface area contributed by atoms with Gasteiger partial charge < -0.3 is 25.0 Å². The third-order valence-electron chi connectivity index (χ3n) is 12.5. The number of aromatic nitrogens is 2. The quantitative estimate of drug-likeness (QED) is 0.311. The number of hydrogen-bond acceptors (Lipinski definition) is 7. The van der Waals surface area contributed by atoms with Crippen LogP contribution in [0.1, 0.15) is 63.8 Å². The number of hydrogen-bond donors (Lipinski definition) is 3. The van der Waals surface area contributed by atoms with Gasteiger partial charge in [0.15, 0.2) is 17.2 Å². The Hall–Kier alpha value is -2.94. The number of aliphatic hydroxyl groups is 2. The number of nitrogens with one attached hydrogen (secondary N) is 1. The van der Waals surface area contributed by atoms with Gasteiger partial charge in [-0.1, -0.05) is 38.1 Å². The summed E-state index contributed by atoms with van der Waals surface area (Å²) in [6.45, 7) is 7.71. The minimum absolute atomic E-state index is 0.111. The molecule has 2 aromatic carbocycles. The number of fused-ring (bicyclic) bond motifs is 8. The van der Waals surface area contributed by atoms with Gasteiger partial charge in [-0.05, 0) is 110 Å². The lowest BCUT2D eigenvalue weighted by molar-refractivity contribution is -0.228. The summed E-state index contributed by atoms with van der Waals surface area (Å²) in [6.07, 6.45) is 3.07. The lowest BCUT2D eigenvalue weighted by Gasteiger charge is -2.61. The number of rotatable bonds is 6. The smallest absolute Gasteiger partial charge is 0.193 e. The predicted molar refractivity (Wildman–Crippen MR) is 185 cm³/mol. The third kappa shape index (κ3) is 4.64. The second-order valence-corrected chi connectivity index (χ2v) is 16.3. The fraction of sp³-hybridized carbons (Fsp3) is 0.526. The van der Waals surface area contributed by atoms with Gasteiger partial charge in [-0.25, -0.2) is 9.07 Å². The van der Waals surface area contributed by atoms with Crippen LogP contribution in [0.25, 0.3) is 11.8 Å². The molecule has 10 atom stereocenters. The number of aliphatic hydroxyl groups excluding tert-OH is 2. The standard InChI is InChI=1S/C38H45FN3O5P/c1-35(2)46-33-15-27-26-13-29(39)28-14-30-22(16-36(28,3)34(26)31(44)17-37(27,4)38(33,47-35)32(45)20-43)19-42(41-30)24-9-7-23(8-10-24)40-18-21-5-11-25(48)12-6-21/h5-12,14,19,26-27,29,31,33-34,40,43-44H,13,15-18,20,48H2,1-4H3/t26-,27-,29-,31-,33+,34+,36-,37-,38+/m0/s1. The number of carbonyl (C=O) groups is 1. The molecule has 254 valence electrons. The van der Waals surface area contributed by atoms with Crippen LogP contribution in [0.3, 0.4) is 0 Å². The van der Waals surface area contributed by atoms with Crippen LogP contribution in [0, 0.1) is 28.6 Å². The van der Waals surface area contributed by atoms with Crippen LogP contribution in [-0.4, -0.2) is 62.2 Å². The topological polar surface area (TPSA) is 106 Å². The van der Waals surface area contributed by atoms with Crippen molar-refractivity contribution in [2.24, 2.45) is 28.6 Å². The van der Waals surface area contributed by atoms with Crippen LogP contribution in [0.2, 0.25) is 0 Å². The predicted octanol–water partition coefficient (Wildman–Crippen LogP) is 5.15. The van der Waals surface area contributed by atoms with Crippen LogP contribution < -0.4 is 10.6 Å². The Morgan fingerprint density at radius 2 is 1.83 bits per heavy atom. The molecule has 0 radical (unpaired) electrons. The normalized spacial score (nSPS) is 37.5. The summed E-state index contributed by atoms with van der Waals surface area (Å²) in [5.74, 6) is -1.93. The second kappa shape index (κ2) is 11.0. The second-order valence-electron chi connectivity index (χ2n) is 15.7. The molecular weight excluding hydrogens is 628 g/mol. The number of anilines is 1. The van der Waals surface area contributed by atoms with Gasteiger partial charge in [0.1, 0.15) is 12.8 Å². The summed E-state index contributed by atoms with van der Waals surface area (Å²) >= 11 is 0. The first-order valence-corrected chi connectivity index (χ1v) is 17.7. The average Bonchev–Trinajstić information content (AvgIpc) is 3.65. The van der Waals surface area contributed by atoms with Crippen LogP contribution in [0.4, 0.5) is 10.1 Å². The van der Waals surface area contributed by atoms with Crippen LogP contribution in [0.15, 0.2) is 60.3 Å². The van der Waals surface area contributed by atoms with E-state index in [0.29, 0.717) is 24.8 Å². The Bertz CT molecular complexity index is 1790. The first-order chi connectivity index (χ1) is 22.8. The molecule has 3 aromatic rings. The Balaban J connectivity index is 1.06. The Morgan fingerprint density at radius 3 is 2.54 bits per heavy atom. The largest absolute Gasteiger partial charge is 0.393 e. The van der Waals surface area contributed by atoms with Crippen molar-refractivity contribution < 1.29 is 28.9 Å². The fourth-order valence-electron chi connectivity index (χ4n) is 10.6. The van der Waals surface area contributed by atoms with E-state index in [1.807, 2.05) is 48.1 Å². The van der Waals surface area contributed by atoms with Gasteiger partial charge in [0.25, 0.3) is 0 Å². The van der Waals surface area contributed by atoms with Crippen molar-refractivity contribution in [3.05, 3.63) is 77.1 Å². The first-order valence-electron chi connectivity index (χ1n) is 17.1. The zero-order valence-electron chi connectivity index (χ0n) is 27.9. The fourth-order valence-corrected chi connectivity index (χ4v) is 10.8. The van der Waals surface area contributed by atoms with Gasteiger partial charge in [0, 0.05) is 29.3 Å². The highest BCUT2D eigenvalue weighted by Gasteiger charge is 2.77. The molecule has 4 fully saturated rings. The van der Waals surface area contributed by atoms with E-state index in [1.165, 1.54) is 5.56 Å². The molecular formula is C38H45FN3O5P. The number of ether oxygens (including phenoxy) is 2. The van der Waals surface area contributed by atoms with Gasteiger partial charge in [0.05, 0.1) is 23.6 Å². The van der Waals surface area contributed by atoms with E-state index in [9.17, 15) is 15.0 Å². The molecule has 0 spiro atoms. The van der Waals surface area contributed by atoms with Crippen molar-refractivity contribution in [2.75, 3.05) is 11.9 Å². The molecule has 48 heavy (non-hydrogen) atoms. The van der Waals surface area contributed by atoms with E-state index in [2.05, 4.69) is 45.7 Å². The van der Waals surface area contributed by atoms with Crippen LogP contribution in [-0.2, 0) is 27.2 Å². The summed E-state index contributed by atoms with van der Waals surface area (Å²) < 4.78 is 31.1. The molecule has 1 unspecified atom stereocenters. The Labute approximate surface area is 283 Å². The van der Waals surface area contributed by atoms with E-state index >= 15 is 4.39 Å². The zero-order chi connectivity index (χ0) is 33.8. The van der Waals surface area contributed by atoms with E-state index in [0.717, 1.165) is 34.5 Å². The first kappa shape index (κ1) is 32.3. The molecule has 0 bridgehead atoms. The Morgan fingerprint density at radius 1 is 1.10 bits per heavy atom. The molecule has 10 heteroatoms. The third-order valence-corrected chi connectivity index (χ3v) is 12.9. The molecule has 8 rings (SSSR count). The molecule has 1 aliphatic heterocycles. The maximum Gasteiger partial charge on any atom is 0.193 e. The molecule has 3 saturated carbocycles. The van der Waals surface area contributed by atoms with Crippen molar-refractivity contribution in [1.29, 1.82) is 0 Å². The minimum atomic E-state index is -1.38. The molecule has 3 N–H and O–H groups in total. The number of benzene rings is 2. The maximum absolute atomic E-state index is 16.5. The number of carbonyl (C=O) groups excluding carboxylic acids is 1. The van der Waals surface area contributed by atoms with Gasteiger partial charge in [0.2, 0.25) is 0 Å². The summed E-state index contributed by atoms with van der Waals surface area (Å²) in [5.41, 5.74) is 2.80. The van der Waals surface area contributed by atoms with Gasteiger partial charge in [-0.2, -0.15) is 5.10 Å². The van der Waals surface area contributed by atoms with Gasteiger partial charge in [-0.15, -0.1) is 9.24 Å². The maximum atomic E-state index is 16.5. The summed E-state index contributed by atoms with van der Waals surface area (Å²) in [5, 5.41) is 31.7. The lowest BCUT2D eigenvalue weighted by Crippen LogP contribution is -2.65. The minimum Gasteiger partial charge on any atom is -0.393 e. The highest BCUT2D eigenvalue weighted by molar-refractivity contribution is 7.27. The van der Waals surface area contributed by atoms with Crippen molar-refractivity contribution in [1.82, 2.24) is 9.78 Å². The highest BCUT2D eigenvalue weighted by Crippen LogP contribution is 2.71. The van der Waals surface area contributed by atoms with Gasteiger partial charge >= 0.3 is 0 Å². The van der Waals surface area contributed by atoms with Crippen molar-refractivity contribution in [3.63, 3.8) is 0 Å². The summed E-state index contributed by atoms with van der Waals surface area (Å²) in [7, 11) is 2.70. The number of alkyl halides is 1.